The van der Waals surface area contributed by atoms with Crippen molar-refractivity contribution in [1.82, 2.24) is 10.2 Å². The third kappa shape index (κ3) is 3.68. The fourth-order valence-electron chi connectivity index (χ4n) is 1.98. The van der Waals surface area contributed by atoms with Gasteiger partial charge in [-0.15, -0.1) is 10.2 Å². The summed E-state index contributed by atoms with van der Waals surface area (Å²) in [6, 6.07) is 16.6. The summed E-state index contributed by atoms with van der Waals surface area (Å²) < 4.78 is 42.0. The smallest absolute Gasteiger partial charge is 0.413 e. The molecule has 0 fully saturated rings. The van der Waals surface area contributed by atoms with Crippen molar-refractivity contribution in [2.24, 2.45) is 0 Å². The summed E-state index contributed by atoms with van der Waals surface area (Å²) in [6.07, 6.45) is -4.63. The zero-order valence-corrected chi connectivity index (χ0v) is 11.8. The topological polar surface area (TPSA) is 51.0 Å². The number of nitrogens with one attached hydrogen (secondary N) is 1. The molecule has 0 amide bonds. The van der Waals surface area contributed by atoms with E-state index in [1.54, 1.807) is 24.3 Å². The number of hydrogen-bond acceptors (Lipinski definition) is 4. The molecule has 118 valence electrons. The van der Waals surface area contributed by atoms with Crippen LogP contribution in [0.1, 0.15) is 11.5 Å². The van der Waals surface area contributed by atoms with Crippen LogP contribution in [-0.2, 0) is 12.7 Å². The Bertz CT molecular complexity index is 767. The molecule has 1 aromatic heterocycles. The second-order valence-corrected chi connectivity index (χ2v) is 4.83. The third-order valence-corrected chi connectivity index (χ3v) is 3.14. The van der Waals surface area contributed by atoms with E-state index in [2.05, 4.69) is 19.9 Å². The van der Waals surface area contributed by atoms with E-state index >= 15 is 0 Å². The summed E-state index contributed by atoms with van der Waals surface area (Å²) in [7, 11) is 0. The Labute approximate surface area is 130 Å². The molecule has 0 bridgehead atoms. The summed E-state index contributed by atoms with van der Waals surface area (Å²) >= 11 is 0. The van der Waals surface area contributed by atoms with Crippen LogP contribution in [0.25, 0.3) is 11.5 Å². The molecule has 0 unspecified atom stereocenters. The monoisotopic (exact) mass is 319 g/mol. The molecule has 3 rings (SSSR count). The van der Waals surface area contributed by atoms with Crippen LogP contribution in [0.3, 0.4) is 0 Å². The summed E-state index contributed by atoms with van der Waals surface area (Å²) in [5.41, 5.74) is 2.41. The Hall–Kier alpha value is -2.83. The van der Waals surface area contributed by atoms with Crippen molar-refractivity contribution in [3.8, 4) is 11.5 Å². The van der Waals surface area contributed by atoms with Gasteiger partial charge in [-0.05, 0) is 29.8 Å². The molecular weight excluding hydrogens is 307 g/mol. The molecule has 1 N–H and O–H groups in total. The van der Waals surface area contributed by atoms with Crippen molar-refractivity contribution in [3.05, 3.63) is 66.1 Å². The van der Waals surface area contributed by atoms with Gasteiger partial charge in [0.05, 0.1) is 0 Å². The average Bonchev–Trinajstić information content (AvgIpc) is 3.05. The Morgan fingerprint density at radius 3 is 2.22 bits per heavy atom. The zero-order chi connectivity index (χ0) is 16.3. The lowest BCUT2D eigenvalue weighted by molar-refractivity contribution is -0.156. The minimum atomic E-state index is -4.63. The number of benzene rings is 2. The maximum Gasteiger partial charge on any atom is 0.470 e. The molecule has 0 saturated heterocycles. The fraction of sp³-hybridized carbons (Fsp3) is 0.125. The minimum absolute atomic E-state index is 0.153. The lowest BCUT2D eigenvalue weighted by Crippen LogP contribution is -2.04. The van der Waals surface area contributed by atoms with Crippen LogP contribution < -0.4 is 5.32 Å². The second-order valence-electron chi connectivity index (χ2n) is 4.83. The van der Waals surface area contributed by atoms with Crippen LogP contribution in [0, 0.1) is 0 Å². The number of anilines is 1. The first-order valence-electron chi connectivity index (χ1n) is 6.81. The van der Waals surface area contributed by atoms with Crippen molar-refractivity contribution in [2.45, 2.75) is 12.7 Å². The highest BCUT2D eigenvalue weighted by Crippen LogP contribution is 2.30. The lowest BCUT2D eigenvalue weighted by atomic mass is 10.1. The number of para-hydroxylation sites is 1. The molecule has 0 aliphatic heterocycles. The van der Waals surface area contributed by atoms with E-state index in [-0.39, 0.29) is 5.89 Å². The Morgan fingerprint density at radius 1 is 0.913 bits per heavy atom. The van der Waals surface area contributed by atoms with Crippen LogP contribution in [0.4, 0.5) is 18.9 Å². The first kappa shape index (κ1) is 15.1. The maximum absolute atomic E-state index is 12.4. The van der Waals surface area contributed by atoms with Crippen LogP contribution in [0.15, 0.2) is 59.0 Å². The molecular formula is C16H12F3N3O. The van der Waals surface area contributed by atoms with Gasteiger partial charge in [-0.25, -0.2) is 0 Å². The molecule has 0 radical (unpaired) electrons. The van der Waals surface area contributed by atoms with Crippen molar-refractivity contribution < 1.29 is 17.6 Å². The highest BCUT2D eigenvalue weighted by molar-refractivity contribution is 5.53. The van der Waals surface area contributed by atoms with E-state index in [1.807, 2.05) is 30.3 Å². The average molecular weight is 319 g/mol. The van der Waals surface area contributed by atoms with Gasteiger partial charge in [-0.3, -0.25) is 0 Å². The summed E-state index contributed by atoms with van der Waals surface area (Å²) in [6.45, 7) is 0.599. The third-order valence-electron chi connectivity index (χ3n) is 3.14. The number of aromatic nitrogens is 2. The number of nitrogens with zero attached hydrogens (tertiary/aromatic N) is 2. The van der Waals surface area contributed by atoms with E-state index in [4.69, 9.17) is 0 Å². The fourth-order valence-corrected chi connectivity index (χ4v) is 1.98. The normalized spacial score (nSPS) is 11.4. The molecule has 3 aromatic rings. The molecule has 2 aromatic carbocycles. The van der Waals surface area contributed by atoms with E-state index in [0.717, 1.165) is 11.3 Å². The Kier molecular flexibility index (Phi) is 4.01. The van der Waals surface area contributed by atoms with Gasteiger partial charge in [-0.1, -0.05) is 30.3 Å². The predicted molar refractivity (Wildman–Crippen MR) is 78.5 cm³/mol. The largest absolute Gasteiger partial charge is 0.470 e. The standard InChI is InChI=1S/C16H12F3N3O/c17-16(18,19)15-22-21-14(23-15)12-8-6-11(7-9-12)10-20-13-4-2-1-3-5-13/h1-9,20H,10H2. The zero-order valence-electron chi connectivity index (χ0n) is 11.8. The van der Waals surface area contributed by atoms with Crippen molar-refractivity contribution in [3.63, 3.8) is 0 Å². The first-order valence-corrected chi connectivity index (χ1v) is 6.81. The lowest BCUT2D eigenvalue weighted by Gasteiger charge is -2.06. The van der Waals surface area contributed by atoms with Crippen molar-refractivity contribution in [2.75, 3.05) is 5.32 Å². The van der Waals surface area contributed by atoms with Crippen molar-refractivity contribution >= 4 is 5.69 Å². The van der Waals surface area contributed by atoms with Crippen molar-refractivity contribution in [1.29, 1.82) is 0 Å². The van der Waals surface area contributed by atoms with Gasteiger partial charge in [0.25, 0.3) is 0 Å². The van der Waals surface area contributed by atoms with Gasteiger partial charge in [0.15, 0.2) is 0 Å². The van der Waals surface area contributed by atoms with Gasteiger partial charge < -0.3 is 9.73 Å². The SMILES string of the molecule is FC(F)(F)c1nnc(-c2ccc(CNc3ccccc3)cc2)o1. The summed E-state index contributed by atoms with van der Waals surface area (Å²) in [4.78, 5) is 0. The maximum atomic E-state index is 12.4. The number of rotatable bonds is 4. The highest BCUT2D eigenvalue weighted by atomic mass is 19.4. The quantitative estimate of drug-likeness (QED) is 0.776. The van der Waals surface area contributed by atoms with Crippen LogP contribution >= 0.6 is 0 Å². The Morgan fingerprint density at radius 2 is 1.61 bits per heavy atom. The van der Waals surface area contributed by atoms with Gasteiger partial charge in [0, 0.05) is 17.8 Å². The van der Waals surface area contributed by atoms with E-state index in [1.165, 1.54) is 0 Å². The molecule has 0 saturated carbocycles. The summed E-state index contributed by atoms with van der Waals surface area (Å²) in [5, 5.41) is 9.68. The summed E-state index contributed by atoms with van der Waals surface area (Å²) in [5.74, 6) is -1.50. The van der Waals surface area contributed by atoms with Gasteiger partial charge >= 0.3 is 12.1 Å². The van der Waals surface area contributed by atoms with Crippen LogP contribution in [-0.4, -0.2) is 10.2 Å². The molecule has 0 aliphatic rings. The Balaban J connectivity index is 1.68. The number of halogens is 3. The molecule has 0 atom stereocenters. The molecule has 1 heterocycles. The van der Waals surface area contributed by atoms with E-state index in [9.17, 15) is 13.2 Å². The predicted octanol–water partition coefficient (Wildman–Crippen LogP) is 4.37. The van der Waals surface area contributed by atoms with Crippen LogP contribution in [0.5, 0.6) is 0 Å². The molecule has 23 heavy (non-hydrogen) atoms. The minimum Gasteiger partial charge on any atom is -0.413 e. The molecule has 4 nitrogen and oxygen atoms in total. The molecule has 7 heteroatoms. The number of alkyl halides is 3. The second kappa shape index (κ2) is 6.12. The molecule has 0 aliphatic carbocycles. The van der Waals surface area contributed by atoms with Crippen LogP contribution in [0.2, 0.25) is 0 Å². The van der Waals surface area contributed by atoms with E-state index in [0.29, 0.717) is 12.1 Å². The first-order chi connectivity index (χ1) is 11.0. The van der Waals surface area contributed by atoms with Gasteiger partial charge in [0.2, 0.25) is 5.89 Å². The van der Waals surface area contributed by atoms with Gasteiger partial charge in [0.1, 0.15) is 0 Å². The van der Waals surface area contributed by atoms with E-state index < -0.39 is 12.1 Å². The number of hydrogen-bond donors (Lipinski definition) is 1. The van der Waals surface area contributed by atoms with Gasteiger partial charge in [-0.2, -0.15) is 13.2 Å². The highest BCUT2D eigenvalue weighted by Gasteiger charge is 2.38. The molecule has 0 spiro atoms.